The third-order valence-electron chi connectivity index (χ3n) is 3.52. The van der Waals surface area contributed by atoms with Crippen LogP contribution in [-0.2, 0) is 11.2 Å². The average molecular weight is 324 g/mol. The Balaban J connectivity index is 2.15. The van der Waals surface area contributed by atoms with Crippen molar-refractivity contribution in [3.8, 4) is 0 Å². The number of aliphatic imine (C=N–C) groups is 1. The maximum Gasteiger partial charge on any atom is 0.191 e. The summed E-state index contributed by atoms with van der Waals surface area (Å²) < 4.78 is 17.9. The number of hydrogen-bond acceptors (Lipinski definition) is 3. The number of benzene rings is 1. The highest BCUT2D eigenvalue weighted by Crippen LogP contribution is 2.02. The van der Waals surface area contributed by atoms with Crippen molar-refractivity contribution >= 4 is 5.96 Å². The molecule has 0 spiro atoms. The molecule has 0 atom stereocenters. The molecule has 5 nitrogen and oxygen atoms in total. The lowest BCUT2D eigenvalue weighted by molar-refractivity contribution is 0.180. The quantitative estimate of drug-likeness (QED) is 0.389. The predicted octanol–water partition coefficient (Wildman–Crippen LogP) is 1.50. The highest BCUT2D eigenvalue weighted by atomic mass is 19.1. The van der Waals surface area contributed by atoms with E-state index in [2.05, 4.69) is 27.6 Å². The number of nitrogens with zero attached hydrogens (tertiary/aromatic N) is 2. The van der Waals surface area contributed by atoms with Gasteiger partial charge in [-0.05, 0) is 37.6 Å². The molecule has 1 aromatic rings. The fourth-order valence-electron chi connectivity index (χ4n) is 2.15. The van der Waals surface area contributed by atoms with Gasteiger partial charge >= 0.3 is 0 Å². The van der Waals surface area contributed by atoms with Crippen LogP contribution in [0.15, 0.2) is 29.3 Å². The molecule has 0 amide bonds. The minimum absolute atomic E-state index is 0.200. The zero-order valence-electron chi connectivity index (χ0n) is 14.4. The summed E-state index contributed by atoms with van der Waals surface area (Å²) in [7, 11) is 5.58. The summed E-state index contributed by atoms with van der Waals surface area (Å²) in [5.74, 6) is 0.589. The van der Waals surface area contributed by atoms with Crippen LogP contribution >= 0.6 is 0 Å². The molecular weight excluding hydrogens is 295 g/mol. The van der Waals surface area contributed by atoms with Crippen molar-refractivity contribution in [1.82, 2.24) is 15.5 Å². The molecule has 0 aliphatic rings. The van der Waals surface area contributed by atoms with Gasteiger partial charge in [0.05, 0.1) is 0 Å². The lowest BCUT2D eigenvalue weighted by Gasteiger charge is -2.18. The molecule has 0 aliphatic carbocycles. The Bertz CT molecular complexity index is 450. The number of nitrogens with one attached hydrogen (secondary N) is 2. The Morgan fingerprint density at radius 2 is 1.87 bits per heavy atom. The summed E-state index contributed by atoms with van der Waals surface area (Å²) in [5, 5.41) is 6.56. The predicted molar refractivity (Wildman–Crippen MR) is 93.5 cm³/mol. The van der Waals surface area contributed by atoms with Gasteiger partial charge in [0, 0.05) is 46.9 Å². The third-order valence-corrected chi connectivity index (χ3v) is 3.52. The number of likely N-dealkylation sites (N-methyl/N-ethyl adjacent to an activating group) is 1. The molecule has 0 fully saturated rings. The first-order chi connectivity index (χ1) is 11.2. The van der Waals surface area contributed by atoms with E-state index in [1.54, 1.807) is 14.2 Å². The smallest absolute Gasteiger partial charge is 0.191 e. The monoisotopic (exact) mass is 324 g/mol. The average Bonchev–Trinajstić information content (AvgIpc) is 2.55. The van der Waals surface area contributed by atoms with Gasteiger partial charge < -0.3 is 20.3 Å². The second-order valence-electron chi connectivity index (χ2n) is 5.45. The second kappa shape index (κ2) is 11.8. The van der Waals surface area contributed by atoms with Gasteiger partial charge in [-0.1, -0.05) is 12.1 Å². The van der Waals surface area contributed by atoms with Crippen LogP contribution < -0.4 is 10.6 Å². The maximum absolute atomic E-state index is 12.8. The molecule has 2 N–H and O–H groups in total. The van der Waals surface area contributed by atoms with Crippen LogP contribution in [0.1, 0.15) is 12.0 Å². The van der Waals surface area contributed by atoms with Gasteiger partial charge in [-0.25, -0.2) is 4.39 Å². The first kappa shape index (κ1) is 19.4. The fraction of sp³-hybridized carbons (Fsp3) is 0.588. The van der Waals surface area contributed by atoms with Crippen LogP contribution in [0.3, 0.4) is 0 Å². The summed E-state index contributed by atoms with van der Waals surface area (Å²) in [6, 6.07) is 6.59. The van der Waals surface area contributed by atoms with Gasteiger partial charge in [0.25, 0.3) is 0 Å². The van der Waals surface area contributed by atoms with Gasteiger partial charge in [-0.2, -0.15) is 0 Å². The summed E-state index contributed by atoms with van der Waals surface area (Å²) in [6.45, 7) is 4.35. The van der Waals surface area contributed by atoms with Crippen LogP contribution in [0.2, 0.25) is 0 Å². The Labute approximate surface area is 138 Å². The van der Waals surface area contributed by atoms with E-state index in [1.165, 1.54) is 12.1 Å². The van der Waals surface area contributed by atoms with Gasteiger partial charge in [-0.3, -0.25) is 4.99 Å². The third kappa shape index (κ3) is 9.15. The van der Waals surface area contributed by atoms with Gasteiger partial charge in [-0.15, -0.1) is 0 Å². The van der Waals surface area contributed by atoms with Crippen molar-refractivity contribution < 1.29 is 9.13 Å². The van der Waals surface area contributed by atoms with Crippen LogP contribution in [0.4, 0.5) is 4.39 Å². The standard InChI is InChI=1S/C17H29FN4O/c1-19-17(21-11-13-22(2)12-4-14-23-3)20-10-9-15-5-7-16(18)8-6-15/h5-8H,4,9-14H2,1-3H3,(H2,19,20,21). The van der Waals surface area contributed by atoms with E-state index in [-0.39, 0.29) is 5.82 Å². The molecule has 0 bridgehead atoms. The molecule has 0 heterocycles. The van der Waals surface area contributed by atoms with Crippen molar-refractivity contribution in [3.05, 3.63) is 35.6 Å². The Kier molecular flexibility index (Phi) is 9.99. The molecular formula is C17H29FN4O. The lowest BCUT2D eigenvalue weighted by atomic mass is 10.1. The first-order valence-corrected chi connectivity index (χ1v) is 8.02. The second-order valence-corrected chi connectivity index (χ2v) is 5.45. The number of halogens is 1. The van der Waals surface area contributed by atoms with Gasteiger partial charge in [0.15, 0.2) is 5.96 Å². The molecule has 0 unspecified atom stereocenters. The highest BCUT2D eigenvalue weighted by Gasteiger charge is 2.01. The summed E-state index contributed by atoms with van der Waals surface area (Å²) >= 11 is 0. The number of hydrogen-bond donors (Lipinski definition) is 2. The van der Waals surface area contributed by atoms with Crippen molar-refractivity contribution in [1.29, 1.82) is 0 Å². The van der Waals surface area contributed by atoms with Crippen molar-refractivity contribution in [2.45, 2.75) is 12.8 Å². The number of methoxy groups -OCH3 is 1. The molecule has 0 saturated carbocycles. The summed E-state index contributed by atoms with van der Waals surface area (Å²) in [6.07, 6.45) is 1.87. The maximum atomic E-state index is 12.8. The largest absolute Gasteiger partial charge is 0.385 e. The molecule has 0 radical (unpaired) electrons. The van der Waals surface area contributed by atoms with Crippen LogP contribution in [-0.4, -0.2) is 64.9 Å². The molecule has 1 aromatic carbocycles. The van der Waals surface area contributed by atoms with Crippen LogP contribution in [0.25, 0.3) is 0 Å². The van der Waals surface area contributed by atoms with Crippen molar-refractivity contribution in [3.63, 3.8) is 0 Å². The summed E-state index contributed by atoms with van der Waals surface area (Å²) in [5.41, 5.74) is 1.10. The molecule has 130 valence electrons. The zero-order valence-corrected chi connectivity index (χ0v) is 14.4. The van der Waals surface area contributed by atoms with E-state index < -0.39 is 0 Å². The number of ether oxygens (including phenoxy) is 1. The molecule has 6 heteroatoms. The normalized spacial score (nSPS) is 11.8. The van der Waals surface area contributed by atoms with E-state index in [9.17, 15) is 4.39 Å². The van der Waals surface area contributed by atoms with E-state index in [1.807, 2.05) is 12.1 Å². The van der Waals surface area contributed by atoms with Gasteiger partial charge in [0.2, 0.25) is 0 Å². The van der Waals surface area contributed by atoms with E-state index in [4.69, 9.17) is 4.74 Å². The Hall–Kier alpha value is -1.66. The topological polar surface area (TPSA) is 48.9 Å². The Morgan fingerprint density at radius 3 is 2.52 bits per heavy atom. The number of guanidine groups is 1. The van der Waals surface area contributed by atoms with Crippen LogP contribution in [0.5, 0.6) is 0 Å². The number of rotatable bonds is 10. The van der Waals surface area contributed by atoms with Crippen LogP contribution in [0, 0.1) is 5.82 Å². The fourth-order valence-corrected chi connectivity index (χ4v) is 2.15. The van der Waals surface area contributed by atoms with Gasteiger partial charge in [0.1, 0.15) is 5.82 Å². The molecule has 1 rings (SSSR count). The van der Waals surface area contributed by atoms with Crippen molar-refractivity contribution in [2.24, 2.45) is 4.99 Å². The molecule has 0 aliphatic heterocycles. The highest BCUT2D eigenvalue weighted by molar-refractivity contribution is 5.79. The summed E-state index contributed by atoms with van der Waals surface area (Å²) in [4.78, 5) is 6.46. The van der Waals surface area contributed by atoms with E-state index >= 15 is 0 Å². The van der Waals surface area contributed by atoms with E-state index in [0.717, 1.165) is 57.2 Å². The first-order valence-electron chi connectivity index (χ1n) is 8.02. The lowest BCUT2D eigenvalue weighted by Crippen LogP contribution is -2.41. The molecule has 23 heavy (non-hydrogen) atoms. The Morgan fingerprint density at radius 1 is 1.17 bits per heavy atom. The zero-order chi connectivity index (χ0) is 16.9. The van der Waals surface area contributed by atoms with E-state index in [0.29, 0.717) is 0 Å². The molecule has 0 aromatic heterocycles. The SMILES string of the molecule is CN=C(NCCc1ccc(F)cc1)NCCN(C)CCCOC. The molecule has 0 saturated heterocycles. The van der Waals surface area contributed by atoms with Crippen molar-refractivity contribution in [2.75, 3.05) is 54.0 Å². The minimum atomic E-state index is -0.200. The minimum Gasteiger partial charge on any atom is -0.385 e.